The zero-order chi connectivity index (χ0) is 13.1. The van der Waals surface area contributed by atoms with Gasteiger partial charge < -0.3 is 9.84 Å². The second-order valence-electron chi connectivity index (χ2n) is 3.78. The van der Waals surface area contributed by atoms with Gasteiger partial charge in [-0.05, 0) is 11.5 Å². The fourth-order valence-electron chi connectivity index (χ4n) is 1.64. The number of carbonyl (C=O) groups excluding carboxylic acids is 1. The third-order valence-corrected chi connectivity index (χ3v) is 2.59. The highest BCUT2D eigenvalue weighted by Crippen LogP contribution is 2.29. The standard InChI is InChI=1S/C14H11ClO3/c1-9(15)8-18-14(17)12-7-6-10-4-2-3-5-11(10)13(12)16/h2-7,16H,1,8H2. The average Bonchev–Trinajstić information content (AvgIpc) is 2.37. The Morgan fingerprint density at radius 3 is 2.72 bits per heavy atom. The number of rotatable bonds is 3. The lowest BCUT2D eigenvalue weighted by Gasteiger charge is -2.07. The molecule has 0 fully saturated rings. The minimum atomic E-state index is -0.625. The van der Waals surface area contributed by atoms with Crippen molar-refractivity contribution in [1.29, 1.82) is 0 Å². The minimum Gasteiger partial charge on any atom is -0.506 e. The van der Waals surface area contributed by atoms with Gasteiger partial charge in [0.15, 0.2) is 0 Å². The van der Waals surface area contributed by atoms with Crippen molar-refractivity contribution in [2.75, 3.05) is 6.61 Å². The summed E-state index contributed by atoms with van der Waals surface area (Å²) >= 11 is 5.51. The predicted octanol–water partition coefficient (Wildman–Crippen LogP) is 3.45. The lowest BCUT2D eigenvalue weighted by atomic mass is 10.1. The summed E-state index contributed by atoms with van der Waals surface area (Å²) in [5, 5.41) is 11.7. The van der Waals surface area contributed by atoms with Crippen molar-refractivity contribution in [3.8, 4) is 5.75 Å². The summed E-state index contributed by atoms with van der Waals surface area (Å²) in [5.41, 5.74) is 0.117. The molecule has 0 saturated carbocycles. The lowest BCUT2D eigenvalue weighted by Crippen LogP contribution is -2.06. The lowest BCUT2D eigenvalue weighted by molar-refractivity contribution is 0.0543. The van der Waals surface area contributed by atoms with E-state index in [4.69, 9.17) is 16.3 Å². The number of phenolic OH excluding ortho intramolecular Hbond substituents is 1. The van der Waals surface area contributed by atoms with Crippen molar-refractivity contribution in [2.24, 2.45) is 0 Å². The Morgan fingerprint density at radius 1 is 1.28 bits per heavy atom. The number of carbonyl (C=O) groups is 1. The SMILES string of the molecule is C=C(Cl)COC(=O)c1ccc2ccccc2c1O. The van der Waals surface area contributed by atoms with Crippen molar-refractivity contribution >= 4 is 28.3 Å². The Morgan fingerprint density at radius 2 is 2.00 bits per heavy atom. The fourth-order valence-corrected chi connectivity index (χ4v) is 1.70. The van der Waals surface area contributed by atoms with Crippen LogP contribution in [0.5, 0.6) is 5.75 Å². The molecule has 92 valence electrons. The summed E-state index contributed by atoms with van der Waals surface area (Å²) in [6.07, 6.45) is 0. The molecule has 1 N–H and O–H groups in total. The number of phenols is 1. The Kier molecular flexibility index (Phi) is 3.53. The number of benzene rings is 2. The number of hydrogen-bond acceptors (Lipinski definition) is 3. The molecule has 0 radical (unpaired) electrons. The molecular weight excluding hydrogens is 252 g/mol. The maximum Gasteiger partial charge on any atom is 0.342 e. The molecule has 0 amide bonds. The summed E-state index contributed by atoms with van der Waals surface area (Å²) in [6, 6.07) is 10.5. The fraction of sp³-hybridized carbons (Fsp3) is 0.0714. The largest absolute Gasteiger partial charge is 0.506 e. The van der Waals surface area contributed by atoms with E-state index in [2.05, 4.69) is 6.58 Å². The summed E-state index contributed by atoms with van der Waals surface area (Å²) in [4.78, 5) is 11.7. The first-order chi connectivity index (χ1) is 8.59. The van der Waals surface area contributed by atoms with Crippen molar-refractivity contribution in [1.82, 2.24) is 0 Å². The van der Waals surface area contributed by atoms with E-state index in [0.717, 1.165) is 5.39 Å². The van der Waals surface area contributed by atoms with Gasteiger partial charge in [-0.1, -0.05) is 48.5 Å². The van der Waals surface area contributed by atoms with Gasteiger partial charge in [0.1, 0.15) is 17.9 Å². The number of aromatic hydroxyl groups is 1. The molecule has 2 aromatic carbocycles. The molecule has 0 unspecified atom stereocenters. The van der Waals surface area contributed by atoms with Crippen LogP contribution in [0, 0.1) is 0 Å². The zero-order valence-electron chi connectivity index (χ0n) is 9.52. The third-order valence-electron chi connectivity index (χ3n) is 2.48. The van der Waals surface area contributed by atoms with Gasteiger partial charge >= 0.3 is 5.97 Å². The first-order valence-corrected chi connectivity index (χ1v) is 5.68. The first kappa shape index (κ1) is 12.5. The zero-order valence-corrected chi connectivity index (χ0v) is 10.3. The van der Waals surface area contributed by atoms with Crippen molar-refractivity contribution in [3.63, 3.8) is 0 Å². The van der Waals surface area contributed by atoms with Crippen LogP contribution in [0.25, 0.3) is 10.8 Å². The number of halogens is 1. The van der Waals surface area contributed by atoms with Crippen LogP contribution in [-0.2, 0) is 4.74 Å². The van der Waals surface area contributed by atoms with E-state index in [1.54, 1.807) is 18.2 Å². The molecule has 0 aliphatic rings. The summed E-state index contributed by atoms with van der Waals surface area (Å²) in [7, 11) is 0. The summed E-state index contributed by atoms with van der Waals surface area (Å²) in [5.74, 6) is -0.710. The minimum absolute atomic E-state index is 0.0767. The summed E-state index contributed by atoms with van der Waals surface area (Å²) in [6.45, 7) is 3.34. The number of esters is 1. The molecule has 2 aromatic rings. The molecule has 18 heavy (non-hydrogen) atoms. The monoisotopic (exact) mass is 262 g/mol. The highest BCUT2D eigenvalue weighted by Gasteiger charge is 2.14. The van der Waals surface area contributed by atoms with Crippen molar-refractivity contribution in [3.05, 3.63) is 53.6 Å². The van der Waals surface area contributed by atoms with Gasteiger partial charge in [0.25, 0.3) is 0 Å². The van der Waals surface area contributed by atoms with E-state index in [1.165, 1.54) is 6.07 Å². The quantitative estimate of drug-likeness (QED) is 0.862. The van der Waals surface area contributed by atoms with Gasteiger partial charge in [-0.3, -0.25) is 0 Å². The molecule has 0 aliphatic heterocycles. The van der Waals surface area contributed by atoms with Gasteiger partial charge in [-0.15, -0.1) is 0 Å². The van der Waals surface area contributed by atoms with Gasteiger partial charge in [0.2, 0.25) is 0 Å². The molecule has 0 bridgehead atoms. The predicted molar refractivity (Wildman–Crippen MR) is 70.9 cm³/mol. The molecule has 0 spiro atoms. The normalized spacial score (nSPS) is 10.3. The van der Waals surface area contributed by atoms with Gasteiger partial charge in [-0.25, -0.2) is 4.79 Å². The summed E-state index contributed by atoms with van der Waals surface area (Å²) < 4.78 is 4.89. The molecule has 0 atom stereocenters. The van der Waals surface area contributed by atoms with Crippen molar-refractivity contribution < 1.29 is 14.6 Å². The third kappa shape index (κ3) is 2.46. The molecule has 2 rings (SSSR count). The molecule has 4 heteroatoms. The van der Waals surface area contributed by atoms with Crippen LogP contribution in [0.4, 0.5) is 0 Å². The van der Waals surface area contributed by atoms with E-state index in [0.29, 0.717) is 5.39 Å². The smallest absolute Gasteiger partial charge is 0.342 e. The molecular formula is C14H11ClO3. The molecule has 0 aromatic heterocycles. The van der Waals surface area contributed by atoms with Gasteiger partial charge in [-0.2, -0.15) is 0 Å². The van der Waals surface area contributed by atoms with Crippen LogP contribution in [0.2, 0.25) is 0 Å². The second kappa shape index (κ2) is 5.10. The highest BCUT2D eigenvalue weighted by atomic mass is 35.5. The Balaban J connectivity index is 2.37. The first-order valence-electron chi connectivity index (χ1n) is 5.30. The van der Waals surface area contributed by atoms with Crippen LogP contribution in [-0.4, -0.2) is 17.7 Å². The molecule has 0 heterocycles. The molecule has 0 aliphatic carbocycles. The Hall–Kier alpha value is -2.00. The van der Waals surface area contributed by atoms with E-state index < -0.39 is 5.97 Å². The van der Waals surface area contributed by atoms with E-state index in [-0.39, 0.29) is 23.0 Å². The Labute approximate surface area is 109 Å². The Bertz CT molecular complexity index is 619. The average molecular weight is 263 g/mol. The van der Waals surface area contributed by atoms with Crippen LogP contribution in [0.3, 0.4) is 0 Å². The number of fused-ring (bicyclic) bond motifs is 1. The van der Waals surface area contributed by atoms with E-state index in [9.17, 15) is 9.90 Å². The van der Waals surface area contributed by atoms with Gasteiger partial charge in [0.05, 0.1) is 0 Å². The number of ether oxygens (including phenoxy) is 1. The second-order valence-corrected chi connectivity index (χ2v) is 4.31. The van der Waals surface area contributed by atoms with E-state index >= 15 is 0 Å². The van der Waals surface area contributed by atoms with E-state index in [1.807, 2.05) is 12.1 Å². The number of hydrogen-bond donors (Lipinski definition) is 1. The van der Waals surface area contributed by atoms with Crippen LogP contribution in [0.1, 0.15) is 10.4 Å². The van der Waals surface area contributed by atoms with Crippen molar-refractivity contribution in [2.45, 2.75) is 0 Å². The maximum absolute atomic E-state index is 11.7. The van der Waals surface area contributed by atoms with Crippen LogP contribution >= 0.6 is 11.6 Å². The van der Waals surface area contributed by atoms with Crippen LogP contribution < -0.4 is 0 Å². The highest BCUT2D eigenvalue weighted by molar-refractivity contribution is 6.29. The topological polar surface area (TPSA) is 46.5 Å². The van der Waals surface area contributed by atoms with Gasteiger partial charge in [0, 0.05) is 10.4 Å². The van der Waals surface area contributed by atoms with Crippen LogP contribution in [0.15, 0.2) is 48.0 Å². The maximum atomic E-state index is 11.7. The molecule has 0 saturated heterocycles. The molecule has 3 nitrogen and oxygen atoms in total.